The number of amides is 1. The van der Waals surface area contributed by atoms with Crippen LogP contribution in [0.1, 0.15) is 46.1 Å². The van der Waals surface area contributed by atoms with E-state index in [-0.39, 0.29) is 33.8 Å². The van der Waals surface area contributed by atoms with Gasteiger partial charge in [-0.1, -0.05) is 42.2 Å². The molecule has 1 amide bonds. The molecule has 0 spiro atoms. The highest BCUT2D eigenvalue weighted by atomic mass is 35.5. The number of anilines is 1. The summed E-state index contributed by atoms with van der Waals surface area (Å²) in [5.74, 6) is -1.92. The summed E-state index contributed by atoms with van der Waals surface area (Å²) in [6.45, 7) is 7.97. The molecule has 0 radical (unpaired) electrons. The van der Waals surface area contributed by atoms with Crippen LogP contribution in [0.25, 0.3) is 0 Å². The van der Waals surface area contributed by atoms with E-state index in [9.17, 15) is 9.59 Å². The van der Waals surface area contributed by atoms with Gasteiger partial charge in [-0.05, 0) is 32.8 Å². The Kier molecular flexibility index (Phi) is 8.38. The van der Waals surface area contributed by atoms with Crippen LogP contribution in [0.2, 0.25) is 10.0 Å². The summed E-state index contributed by atoms with van der Waals surface area (Å²) < 4.78 is 27.4. The molecule has 1 aromatic carbocycles. The smallest absolute Gasteiger partial charge is 0.415 e. The van der Waals surface area contributed by atoms with E-state index in [0.29, 0.717) is 5.56 Å². The number of ether oxygens (including phenoxy) is 2. The quantitative estimate of drug-likeness (QED) is 0.187. The van der Waals surface area contributed by atoms with Crippen molar-refractivity contribution >= 4 is 40.8 Å². The van der Waals surface area contributed by atoms with Crippen molar-refractivity contribution in [1.29, 1.82) is 0 Å². The topological polar surface area (TPSA) is 132 Å². The maximum Gasteiger partial charge on any atom is 0.415 e. The maximum atomic E-state index is 15.4. The fourth-order valence-corrected chi connectivity index (χ4v) is 3.31. The molecular formula is C21H26Cl2FN5O5. The number of hydrogen-bond donors (Lipinski definition) is 2. The van der Waals surface area contributed by atoms with Crippen LogP contribution in [0.15, 0.2) is 22.1 Å². The second-order valence-corrected chi connectivity index (χ2v) is 9.40. The Balaban J connectivity index is 2.57. The van der Waals surface area contributed by atoms with Gasteiger partial charge in [-0.3, -0.25) is 9.69 Å². The SMILES string of the molecule is CC(C)c1cc(Oc2c(Cl)cc(N(C/C(N)=N/O)C(=O)OC(C)(C)C)c(F)c2Cl)nn(C)c1=O. The molecule has 2 aromatic rings. The minimum Gasteiger partial charge on any atom is -0.443 e. The van der Waals surface area contributed by atoms with Gasteiger partial charge in [-0.25, -0.2) is 13.9 Å². The fraction of sp³-hybridized carbons (Fsp3) is 0.429. The van der Waals surface area contributed by atoms with Crippen molar-refractivity contribution < 1.29 is 23.9 Å². The third-order valence-corrected chi connectivity index (χ3v) is 4.97. The predicted octanol–water partition coefficient (Wildman–Crippen LogP) is 4.63. The van der Waals surface area contributed by atoms with Crippen molar-refractivity contribution in [2.75, 3.05) is 11.4 Å². The van der Waals surface area contributed by atoms with E-state index in [1.54, 1.807) is 20.8 Å². The molecule has 1 heterocycles. The van der Waals surface area contributed by atoms with E-state index in [0.717, 1.165) is 15.6 Å². The molecule has 186 valence electrons. The Morgan fingerprint density at radius 3 is 2.50 bits per heavy atom. The van der Waals surface area contributed by atoms with Gasteiger partial charge >= 0.3 is 6.09 Å². The van der Waals surface area contributed by atoms with Gasteiger partial charge in [0.2, 0.25) is 5.88 Å². The molecule has 0 fully saturated rings. The Hall–Kier alpha value is -3.05. The monoisotopic (exact) mass is 517 g/mol. The van der Waals surface area contributed by atoms with Crippen molar-refractivity contribution in [2.45, 2.75) is 46.1 Å². The summed E-state index contributed by atoms with van der Waals surface area (Å²) in [5, 5.41) is 15.0. The van der Waals surface area contributed by atoms with Gasteiger partial charge in [-0.2, -0.15) is 0 Å². The van der Waals surface area contributed by atoms with Gasteiger partial charge in [-0.15, -0.1) is 5.10 Å². The summed E-state index contributed by atoms with van der Waals surface area (Å²) >= 11 is 12.5. The van der Waals surface area contributed by atoms with Crippen molar-refractivity contribution in [1.82, 2.24) is 9.78 Å². The third-order valence-electron chi connectivity index (χ3n) is 4.35. The van der Waals surface area contributed by atoms with Crippen LogP contribution in [0.4, 0.5) is 14.9 Å². The number of oxime groups is 1. The highest BCUT2D eigenvalue weighted by molar-refractivity contribution is 6.38. The predicted molar refractivity (Wildman–Crippen MR) is 127 cm³/mol. The van der Waals surface area contributed by atoms with Gasteiger partial charge in [0.05, 0.1) is 17.3 Å². The molecule has 0 unspecified atom stereocenters. The number of carbonyl (C=O) groups excluding carboxylic acids is 1. The molecule has 0 aliphatic carbocycles. The van der Waals surface area contributed by atoms with Crippen molar-refractivity contribution in [3.63, 3.8) is 0 Å². The lowest BCUT2D eigenvalue weighted by molar-refractivity contribution is 0.0584. The van der Waals surface area contributed by atoms with Gasteiger partial charge in [0.1, 0.15) is 10.6 Å². The molecule has 0 aliphatic rings. The molecule has 3 N–H and O–H groups in total. The first-order valence-corrected chi connectivity index (χ1v) is 10.8. The average molecular weight is 518 g/mol. The number of benzene rings is 1. The van der Waals surface area contributed by atoms with E-state index < -0.39 is 34.9 Å². The number of halogens is 3. The summed E-state index contributed by atoms with van der Waals surface area (Å²) in [4.78, 5) is 25.7. The molecular weight excluding hydrogens is 492 g/mol. The first-order valence-electron chi connectivity index (χ1n) is 10.1. The number of amidine groups is 1. The molecule has 0 saturated carbocycles. The lowest BCUT2D eigenvalue weighted by Gasteiger charge is -2.28. The van der Waals surface area contributed by atoms with E-state index in [1.165, 1.54) is 13.1 Å². The van der Waals surface area contributed by atoms with Gasteiger partial charge < -0.3 is 20.4 Å². The summed E-state index contributed by atoms with van der Waals surface area (Å²) in [6, 6.07) is 2.49. The second-order valence-electron chi connectivity index (χ2n) is 8.62. The first kappa shape index (κ1) is 27.2. The number of aryl methyl sites for hydroxylation is 1. The summed E-state index contributed by atoms with van der Waals surface area (Å²) in [7, 11) is 1.44. The van der Waals surface area contributed by atoms with E-state index in [1.807, 2.05) is 13.8 Å². The van der Waals surface area contributed by atoms with Crippen molar-refractivity contribution in [2.24, 2.45) is 17.9 Å². The lowest BCUT2D eigenvalue weighted by atomic mass is 10.1. The van der Waals surface area contributed by atoms with Crippen LogP contribution in [0.3, 0.4) is 0 Å². The first-order chi connectivity index (χ1) is 15.7. The van der Waals surface area contributed by atoms with Crippen LogP contribution in [0.5, 0.6) is 11.6 Å². The Morgan fingerprint density at radius 2 is 1.97 bits per heavy atom. The average Bonchev–Trinajstić information content (AvgIpc) is 2.72. The molecule has 0 saturated heterocycles. The number of nitrogens with two attached hydrogens (primary N) is 1. The van der Waals surface area contributed by atoms with Crippen LogP contribution in [-0.2, 0) is 11.8 Å². The number of aromatic nitrogens is 2. The van der Waals surface area contributed by atoms with E-state index in [4.69, 9.17) is 43.6 Å². The van der Waals surface area contributed by atoms with Crippen molar-refractivity contribution in [3.8, 4) is 11.6 Å². The van der Waals surface area contributed by atoms with Crippen LogP contribution < -0.4 is 20.9 Å². The molecule has 1 aromatic heterocycles. The molecule has 34 heavy (non-hydrogen) atoms. The molecule has 13 heteroatoms. The number of rotatable bonds is 6. The maximum absolute atomic E-state index is 15.4. The second kappa shape index (κ2) is 10.5. The standard InChI is InChI=1S/C21H26Cl2FN5O5/c1-10(2)11-7-15(26-28(6)19(11)30)33-18-12(22)8-13(17(24)16(18)23)29(9-14(25)27-32)20(31)34-21(3,4)5/h7-8,10,32H,9H2,1-6H3,(H2,25,27). The lowest BCUT2D eigenvalue weighted by Crippen LogP contribution is -2.42. The number of nitrogens with zero attached hydrogens (tertiary/aromatic N) is 4. The molecule has 0 aliphatic heterocycles. The van der Waals surface area contributed by atoms with Crippen molar-refractivity contribution in [3.05, 3.63) is 43.9 Å². The fourth-order valence-electron chi connectivity index (χ4n) is 2.79. The van der Waals surface area contributed by atoms with Gasteiger partial charge in [0.25, 0.3) is 5.56 Å². The number of hydrogen-bond acceptors (Lipinski definition) is 7. The molecule has 0 atom stereocenters. The van der Waals surface area contributed by atoms with E-state index in [2.05, 4.69) is 10.3 Å². The normalized spacial score (nSPS) is 12.1. The molecule has 10 nitrogen and oxygen atoms in total. The largest absolute Gasteiger partial charge is 0.443 e. The Morgan fingerprint density at radius 1 is 1.35 bits per heavy atom. The minimum absolute atomic E-state index is 0.0394. The van der Waals surface area contributed by atoms with Crippen LogP contribution >= 0.6 is 23.2 Å². The molecule has 2 rings (SSSR count). The highest BCUT2D eigenvalue weighted by Gasteiger charge is 2.30. The Bertz CT molecular complexity index is 1180. The summed E-state index contributed by atoms with van der Waals surface area (Å²) in [6.07, 6.45) is -0.986. The van der Waals surface area contributed by atoms with Gasteiger partial charge in [0, 0.05) is 18.7 Å². The summed E-state index contributed by atoms with van der Waals surface area (Å²) in [5.41, 5.74) is 4.34. The number of carbonyl (C=O) groups is 1. The Labute approximate surface area is 205 Å². The van der Waals surface area contributed by atoms with Crippen LogP contribution in [0, 0.1) is 5.82 Å². The zero-order valence-corrected chi connectivity index (χ0v) is 21.0. The van der Waals surface area contributed by atoms with Gasteiger partial charge in [0.15, 0.2) is 17.4 Å². The zero-order chi connectivity index (χ0) is 26.0. The third kappa shape index (κ3) is 6.29. The molecule has 0 bridgehead atoms. The highest BCUT2D eigenvalue weighted by Crippen LogP contribution is 2.42. The zero-order valence-electron chi connectivity index (χ0n) is 19.5. The van der Waals surface area contributed by atoms with Crippen LogP contribution in [-0.4, -0.2) is 39.1 Å². The minimum atomic E-state index is -1.08. The van der Waals surface area contributed by atoms with E-state index >= 15 is 4.39 Å².